The Morgan fingerprint density at radius 2 is 0.571 bits per heavy atom. The summed E-state index contributed by atoms with van der Waals surface area (Å²) >= 11 is 0. The second-order valence-corrected chi connectivity index (χ2v) is 12.1. The Morgan fingerprint density at radius 3 is 0.939 bits per heavy atom. The fourth-order valence-electron chi connectivity index (χ4n) is 6.21. The maximum absolute atomic E-state index is 5.07. The summed E-state index contributed by atoms with van der Waals surface area (Å²) in [6.45, 7) is 0. The predicted octanol–water partition coefficient (Wildman–Crippen LogP) is 11.5. The molecule has 1 heterocycles. The summed E-state index contributed by atoms with van der Waals surface area (Å²) < 4.78 is 0. The van der Waals surface area contributed by atoms with Crippen LogP contribution in [0.4, 0.5) is 0 Å². The molecule has 0 aliphatic rings. The van der Waals surface area contributed by atoms with Gasteiger partial charge >= 0.3 is 0 Å². The molecule has 1 aromatic heterocycles. The van der Waals surface area contributed by atoms with Crippen molar-refractivity contribution in [3.8, 4) is 67.3 Å². The van der Waals surface area contributed by atoms with E-state index in [1.54, 1.807) is 0 Å². The van der Waals surface area contributed by atoms with Crippen molar-refractivity contribution in [1.82, 2.24) is 15.0 Å². The van der Waals surface area contributed by atoms with Crippen LogP contribution in [0.15, 0.2) is 188 Å². The zero-order chi connectivity index (χ0) is 32.8. The molecule has 0 N–H and O–H groups in total. The smallest absolute Gasteiger partial charge is 0.163 e. The second kappa shape index (κ2) is 13.7. The van der Waals surface area contributed by atoms with Crippen LogP contribution in [0.2, 0.25) is 0 Å². The summed E-state index contributed by atoms with van der Waals surface area (Å²) in [7, 11) is 0. The molecule has 232 valence electrons. The molecule has 8 rings (SSSR count). The number of nitrogens with zero attached hydrogens (tertiary/aromatic N) is 3. The Labute approximate surface area is 287 Å². The molecule has 0 spiro atoms. The maximum Gasteiger partial charge on any atom is 0.163 e. The third-order valence-electron chi connectivity index (χ3n) is 8.75. The third-order valence-corrected chi connectivity index (χ3v) is 8.75. The van der Waals surface area contributed by atoms with E-state index in [1.165, 1.54) is 33.4 Å². The van der Waals surface area contributed by atoms with Crippen molar-refractivity contribution in [2.75, 3.05) is 0 Å². The van der Waals surface area contributed by atoms with Gasteiger partial charge in [0.05, 0.1) is 0 Å². The van der Waals surface area contributed by atoms with Crippen molar-refractivity contribution in [2.45, 2.75) is 6.42 Å². The quantitative estimate of drug-likeness (QED) is 0.168. The Kier molecular flexibility index (Phi) is 8.38. The van der Waals surface area contributed by atoms with Crippen LogP contribution in [-0.2, 0) is 6.42 Å². The summed E-state index contributed by atoms with van der Waals surface area (Å²) in [5.41, 5.74) is 12.4. The minimum absolute atomic E-state index is 0.563. The topological polar surface area (TPSA) is 38.7 Å². The highest BCUT2D eigenvalue weighted by Gasteiger charge is 2.14. The Morgan fingerprint density at radius 1 is 0.265 bits per heavy atom. The highest BCUT2D eigenvalue weighted by molar-refractivity contribution is 5.75. The van der Waals surface area contributed by atoms with Gasteiger partial charge < -0.3 is 0 Å². The lowest BCUT2D eigenvalue weighted by molar-refractivity contribution is 0.933. The summed E-state index contributed by atoms with van der Waals surface area (Å²) in [6.07, 6.45) is 0.563. The molecule has 0 radical (unpaired) electrons. The van der Waals surface area contributed by atoms with E-state index in [2.05, 4.69) is 176 Å². The summed E-state index contributed by atoms with van der Waals surface area (Å²) in [6, 6.07) is 65.7. The number of benzene rings is 7. The number of hydrogen-bond donors (Lipinski definition) is 0. The van der Waals surface area contributed by atoms with E-state index in [1.807, 2.05) is 12.1 Å². The lowest BCUT2D eigenvalue weighted by Crippen LogP contribution is -2.04. The van der Waals surface area contributed by atoms with Crippen molar-refractivity contribution in [2.24, 2.45) is 0 Å². The molecule has 3 nitrogen and oxygen atoms in total. The van der Waals surface area contributed by atoms with Gasteiger partial charge in [-0.05, 0) is 56.1 Å². The van der Waals surface area contributed by atoms with E-state index >= 15 is 0 Å². The molecule has 0 saturated carbocycles. The Bertz CT molecular complexity index is 2140. The van der Waals surface area contributed by atoms with Gasteiger partial charge in [-0.2, -0.15) is 0 Å². The predicted molar refractivity (Wildman–Crippen MR) is 202 cm³/mol. The van der Waals surface area contributed by atoms with Crippen LogP contribution in [0, 0.1) is 0 Å². The van der Waals surface area contributed by atoms with Crippen molar-refractivity contribution >= 4 is 0 Å². The molecule has 0 unspecified atom stereocenters. The van der Waals surface area contributed by atoms with Gasteiger partial charge in [0.2, 0.25) is 0 Å². The second-order valence-electron chi connectivity index (χ2n) is 12.1. The van der Waals surface area contributed by atoms with Crippen LogP contribution in [-0.4, -0.2) is 15.0 Å². The van der Waals surface area contributed by atoms with Gasteiger partial charge in [-0.25, -0.2) is 15.0 Å². The first-order valence-corrected chi connectivity index (χ1v) is 16.6. The van der Waals surface area contributed by atoms with E-state index in [4.69, 9.17) is 15.0 Å². The van der Waals surface area contributed by atoms with Crippen molar-refractivity contribution in [3.05, 3.63) is 199 Å². The van der Waals surface area contributed by atoms with E-state index in [0.29, 0.717) is 18.1 Å². The van der Waals surface area contributed by atoms with Gasteiger partial charge in [-0.3, -0.25) is 0 Å². The lowest BCUT2D eigenvalue weighted by atomic mass is 9.95. The molecule has 0 saturated heterocycles. The van der Waals surface area contributed by atoms with Gasteiger partial charge in [0.1, 0.15) is 5.82 Å². The van der Waals surface area contributed by atoms with E-state index in [-0.39, 0.29) is 0 Å². The molecule has 0 aliphatic heterocycles. The third kappa shape index (κ3) is 6.83. The minimum atomic E-state index is 0.563. The normalized spacial score (nSPS) is 10.9. The molecule has 7 aromatic carbocycles. The van der Waals surface area contributed by atoms with Gasteiger partial charge in [0.15, 0.2) is 11.6 Å². The molecule has 0 aliphatic carbocycles. The molecular weight excluding hydrogens is 595 g/mol. The average Bonchev–Trinajstić information content (AvgIpc) is 3.19. The summed E-state index contributed by atoms with van der Waals surface area (Å²) in [4.78, 5) is 15.2. The number of aromatic nitrogens is 3. The number of hydrogen-bond acceptors (Lipinski definition) is 3. The highest BCUT2D eigenvalue weighted by atomic mass is 15.0. The average molecular weight is 628 g/mol. The van der Waals surface area contributed by atoms with Gasteiger partial charge in [0, 0.05) is 17.5 Å². The molecule has 8 aromatic rings. The monoisotopic (exact) mass is 627 g/mol. The van der Waals surface area contributed by atoms with E-state index in [9.17, 15) is 0 Å². The molecule has 0 fully saturated rings. The molecule has 0 bridgehead atoms. The number of rotatable bonds is 8. The highest BCUT2D eigenvalue weighted by Crippen LogP contribution is 2.31. The first-order valence-electron chi connectivity index (χ1n) is 16.6. The van der Waals surface area contributed by atoms with E-state index in [0.717, 1.165) is 33.6 Å². The molecule has 49 heavy (non-hydrogen) atoms. The zero-order valence-electron chi connectivity index (χ0n) is 26.9. The molecular formula is C46H33N3. The molecule has 0 atom stereocenters. The fourth-order valence-corrected chi connectivity index (χ4v) is 6.21. The van der Waals surface area contributed by atoms with Crippen LogP contribution >= 0.6 is 0 Å². The minimum Gasteiger partial charge on any atom is -0.213 e. The van der Waals surface area contributed by atoms with Gasteiger partial charge in [-0.1, -0.05) is 182 Å². The standard InChI is InChI=1S/C46H33N3/c1-5-13-34(14-6-1)38-21-25-40(26-22-38)45-47-44(48-46(49-45)41-27-23-39(24-28-41)35-15-7-2-8-16-35)31-33-29-42(36-17-9-3-10-18-36)32-43(30-33)37-19-11-4-12-20-37/h1-30,32H,31H2. The lowest BCUT2D eigenvalue weighted by Gasteiger charge is -2.12. The van der Waals surface area contributed by atoms with Crippen LogP contribution in [0.3, 0.4) is 0 Å². The summed E-state index contributed by atoms with van der Waals surface area (Å²) in [5, 5.41) is 0. The molecule has 0 amide bonds. The van der Waals surface area contributed by atoms with Crippen LogP contribution in [0.1, 0.15) is 11.4 Å². The van der Waals surface area contributed by atoms with Gasteiger partial charge in [0.25, 0.3) is 0 Å². The largest absolute Gasteiger partial charge is 0.213 e. The first-order chi connectivity index (χ1) is 24.2. The maximum atomic E-state index is 5.07. The van der Waals surface area contributed by atoms with E-state index < -0.39 is 0 Å². The van der Waals surface area contributed by atoms with Crippen LogP contribution in [0.5, 0.6) is 0 Å². The van der Waals surface area contributed by atoms with Gasteiger partial charge in [-0.15, -0.1) is 0 Å². The van der Waals surface area contributed by atoms with Crippen molar-refractivity contribution in [3.63, 3.8) is 0 Å². The van der Waals surface area contributed by atoms with Crippen LogP contribution in [0.25, 0.3) is 67.3 Å². The SMILES string of the molecule is c1ccc(-c2ccc(-c3nc(Cc4cc(-c5ccccc5)cc(-c5ccccc5)c4)nc(-c4ccc(-c5ccccc5)cc4)n3)cc2)cc1. The Hall–Kier alpha value is -6.45. The molecule has 3 heteroatoms. The van der Waals surface area contributed by atoms with Crippen LogP contribution < -0.4 is 0 Å². The Balaban J connectivity index is 1.21. The first kappa shape index (κ1) is 29.9. The fraction of sp³-hybridized carbons (Fsp3) is 0.0217. The zero-order valence-corrected chi connectivity index (χ0v) is 26.9. The summed E-state index contributed by atoms with van der Waals surface area (Å²) in [5.74, 6) is 2.05. The van der Waals surface area contributed by atoms with Crippen molar-refractivity contribution < 1.29 is 0 Å². The van der Waals surface area contributed by atoms with Crippen molar-refractivity contribution in [1.29, 1.82) is 0 Å².